The molecule has 1 atom stereocenters. The average Bonchev–Trinajstić information content (AvgIpc) is 3.37. The Kier molecular flexibility index (Phi) is 6.29. The van der Waals surface area contributed by atoms with Gasteiger partial charge in [-0.3, -0.25) is 5.73 Å². The molecule has 188 valence electrons. The van der Waals surface area contributed by atoms with Gasteiger partial charge in [-0.25, -0.2) is 9.79 Å². The molecular formula is C26H31N7O3. The number of rotatable bonds is 5. The van der Waals surface area contributed by atoms with Gasteiger partial charge in [-0.05, 0) is 43.4 Å². The van der Waals surface area contributed by atoms with Crippen LogP contribution < -0.4 is 26.0 Å². The van der Waals surface area contributed by atoms with Crippen molar-refractivity contribution in [2.45, 2.75) is 5.79 Å². The van der Waals surface area contributed by atoms with E-state index in [-0.39, 0.29) is 0 Å². The Labute approximate surface area is 210 Å². The number of nitrogens with two attached hydrogens (primary N) is 1. The van der Waals surface area contributed by atoms with E-state index in [0.717, 1.165) is 43.2 Å². The number of ether oxygens (including phenoxy) is 2. The van der Waals surface area contributed by atoms with Crippen LogP contribution in [-0.4, -0.2) is 69.1 Å². The van der Waals surface area contributed by atoms with E-state index in [0.29, 0.717) is 28.4 Å². The number of likely N-dealkylation sites (N-methyl/N-ethyl adjacent to an activating group) is 1. The number of aliphatic imine (C=N–C) groups is 1. The fraction of sp³-hybridized carbons (Fsp3) is 0.308. The molecule has 3 heterocycles. The zero-order chi connectivity index (χ0) is 25.3. The van der Waals surface area contributed by atoms with Gasteiger partial charge in [-0.15, -0.1) is 0 Å². The van der Waals surface area contributed by atoms with Crippen LogP contribution in [0.2, 0.25) is 0 Å². The molecule has 36 heavy (non-hydrogen) atoms. The number of fused-ring (bicyclic) bond motifs is 1. The van der Waals surface area contributed by atoms with E-state index < -0.39 is 11.8 Å². The molecule has 1 fully saturated rings. The van der Waals surface area contributed by atoms with Crippen molar-refractivity contribution in [3.8, 4) is 5.75 Å². The molecule has 0 amide bonds. The maximum Gasteiger partial charge on any atom is 0.337 e. The lowest BCUT2D eigenvalue weighted by molar-refractivity contribution is 0.0601. The molecule has 3 aromatic rings. The quantitative estimate of drug-likeness (QED) is 0.404. The van der Waals surface area contributed by atoms with Gasteiger partial charge in [0, 0.05) is 49.8 Å². The summed E-state index contributed by atoms with van der Waals surface area (Å²) in [6.45, 7) is 3.93. The van der Waals surface area contributed by atoms with Crippen LogP contribution in [0.25, 0.3) is 0 Å². The number of H-pyrrole nitrogens is 1. The first kappa shape index (κ1) is 23.7. The number of aromatic amines is 1. The largest absolute Gasteiger partial charge is 0.496 e. The minimum Gasteiger partial charge on any atom is -0.496 e. The molecular weight excluding hydrogens is 458 g/mol. The standard InChI is InChI=1S/C26H31N7O3/c1-32-11-13-33(14-12-32)19-7-8-20(22(16-19)35-2)26(27)30-21-9-10-28-23(21)24(31-26)29-18-6-4-5-17(15-18)25(34)36-3/h4-10,15-16,28,30H,11-14,27H2,1-3H3,(H,29,31). The van der Waals surface area contributed by atoms with Gasteiger partial charge >= 0.3 is 5.97 Å². The molecule has 1 unspecified atom stereocenters. The summed E-state index contributed by atoms with van der Waals surface area (Å²) < 4.78 is 10.6. The van der Waals surface area contributed by atoms with Crippen LogP contribution in [-0.2, 0) is 10.5 Å². The van der Waals surface area contributed by atoms with Crippen molar-refractivity contribution >= 4 is 28.9 Å². The summed E-state index contributed by atoms with van der Waals surface area (Å²) >= 11 is 0. The third-order valence-corrected chi connectivity index (χ3v) is 6.61. The molecule has 0 bridgehead atoms. The smallest absolute Gasteiger partial charge is 0.337 e. The van der Waals surface area contributed by atoms with Crippen LogP contribution in [0, 0.1) is 0 Å². The average molecular weight is 490 g/mol. The predicted molar refractivity (Wildman–Crippen MR) is 141 cm³/mol. The van der Waals surface area contributed by atoms with E-state index in [1.54, 1.807) is 25.3 Å². The number of nitrogens with one attached hydrogen (secondary N) is 3. The Morgan fingerprint density at radius 2 is 1.92 bits per heavy atom. The van der Waals surface area contributed by atoms with Gasteiger partial charge in [-0.2, -0.15) is 0 Å². The number of anilines is 3. The first-order valence-corrected chi connectivity index (χ1v) is 11.8. The van der Waals surface area contributed by atoms with E-state index in [4.69, 9.17) is 20.2 Å². The number of carbonyl (C=O) groups is 1. The number of benzene rings is 2. The van der Waals surface area contributed by atoms with Crippen LogP contribution in [0.5, 0.6) is 5.75 Å². The maximum atomic E-state index is 12.0. The highest BCUT2D eigenvalue weighted by molar-refractivity contribution is 6.12. The van der Waals surface area contributed by atoms with E-state index in [9.17, 15) is 4.79 Å². The van der Waals surface area contributed by atoms with Crippen molar-refractivity contribution in [2.24, 2.45) is 10.7 Å². The summed E-state index contributed by atoms with van der Waals surface area (Å²) in [7, 11) is 5.13. The van der Waals surface area contributed by atoms with Gasteiger partial charge in [-0.1, -0.05) is 6.07 Å². The summed E-state index contributed by atoms with van der Waals surface area (Å²) in [5.41, 5.74) is 11.4. The van der Waals surface area contributed by atoms with Crippen molar-refractivity contribution in [2.75, 3.05) is 63.0 Å². The lowest BCUT2D eigenvalue weighted by Gasteiger charge is -2.36. The van der Waals surface area contributed by atoms with Crippen molar-refractivity contribution in [3.63, 3.8) is 0 Å². The van der Waals surface area contributed by atoms with Crippen molar-refractivity contribution < 1.29 is 14.3 Å². The summed E-state index contributed by atoms with van der Waals surface area (Å²) in [6, 6.07) is 15.0. The zero-order valence-electron chi connectivity index (χ0n) is 20.7. The van der Waals surface area contributed by atoms with Crippen molar-refractivity contribution in [1.29, 1.82) is 0 Å². The topological polar surface area (TPSA) is 120 Å². The van der Waals surface area contributed by atoms with Gasteiger partial charge in [0.2, 0.25) is 5.79 Å². The first-order chi connectivity index (χ1) is 17.4. The highest BCUT2D eigenvalue weighted by Gasteiger charge is 2.36. The van der Waals surface area contributed by atoms with Crippen LogP contribution in [0.4, 0.5) is 17.1 Å². The Morgan fingerprint density at radius 3 is 2.67 bits per heavy atom. The number of piperazine rings is 1. The molecule has 1 aromatic heterocycles. The molecule has 2 aliphatic rings. The highest BCUT2D eigenvalue weighted by atomic mass is 16.5. The minimum absolute atomic E-state index is 0.412. The van der Waals surface area contributed by atoms with Gasteiger partial charge < -0.3 is 34.9 Å². The summed E-state index contributed by atoms with van der Waals surface area (Å²) in [6.07, 6.45) is 1.82. The van der Waals surface area contributed by atoms with Gasteiger partial charge in [0.15, 0.2) is 5.84 Å². The SMILES string of the molecule is COC(=O)c1cccc(NC2=NC(N)(c3ccc(N4CCN(C)CC4)cc3OC)Nc3cc[nH]c32)c1. The number of methoxy groups -OCH3 is 2. The lowest BCUT2D eigenvalue weighted by atomic mass is 10.0. The lowest BCUT2D eigenvalue weighted by Crippen LogP contribution is -2.47. The highest BCUT2D eigenvalue weighted by Crippen LogP contribution is 2.37. The summed E-state index contributed by atoms with van der Waals surface area (Å²) in [5, 5.41) is 6.66. The van der Waals surface area contributed by atoms with Gasteiger partial charge in [0.05, 0.1) is 31.0 Å². The third-order valence-electron chi connectivity index (χ3n) is 6.61. The first-order valence-electron chi connectivity index (χ1n) is 11.8. The number of hydrogen-bond acceptors (Lipinski definition) is 9. The van der Waals surface area contributed by atoms with Crippen LogP contribution in [0.3, 0.4) is 0 Å². The maximum absolute atomic E-state index is 12.0. The fourth-order valence-electron chi connectivity index (χ4n) is 4.59. The Balaban J connectivity index is 1.49. The second-order valence-electron chi connectivity index (χ2n) is 8.99. The number of aromatic nitrogens is 1. The Bertz CT molecular complexity index is 1300. The molecule has 0 radical (unpaired) electrons. The molecule has 5 rings (SSSR count). The van der Waals surface area contributed by atoms with Crippen LogP contribution >= 0.6 is 0 Å². The molecule has 0 saturated carbocycles. The predicted octanol–water partition coefficient (Wildman–Crippen LogP) is 2.62. The van der Waals surface area contributed by atoms with E-state index in [1.165, 1.54) is 7.11 Å². The number of amidine groups is 1. The van der Waals surface area contributed by atoms with E-state index >= 15 is 0 Å². The molecule has 1 saturated heterocycles. The Hall–Kier alpha value is -4.02. The number of nitrogens with zero attached hydrogens (tertiary/aromatic N) is 3. The molecule has 10 nitrogen and oxygen atoms in total. The van der Waals surface area contributed by atoms with Crippen molar-refractivity contribution in [3.05, 3.63) is 71.5 Å². The molecule has 2 aromatic carbocycles. The molecule has 2 aliphatic heterocycles. The second kappa shape index (κ2) is 9.56. The van der Waals surface area contributed by atoms with E-state index in [1.807, 2.05) is 30.5 Å². The minimum atomic E-state index is -1.29. The summed E-state index contributed by atoms with van der Waals surface area (Å²) in [4.78, 5) is 24.7. The Morgan fingerprint density at radius 1 is 1.11 bits per heavy atom. The monoisotopic (exact) mass is 489 g/mol. The number of hydrogen-bond donors (Lipinski definition) is 4. The molecule has 0 aliphatic carbocycles. The number of carbonyl (C=O) groups excluding carboxylic acids is 1. The van der Waals surface area contributed by atoms with Crippen molar-refractivity contribution in [1.82, 2.24) is 9.88 Å². The van der Waals surface area contributed by atoms with Crippen LogP contribution in [0.1, 0.15) is 21.6 Å². The zero-order valence-corrected chi connectivity index (χ0v) is 20.7. The van der Waals surface area contributed by atoms with Gasteiger partial charge in [0.25, 0.3) is 0 Å². The molecule has 0 spiro atoms. The van der Waals surface area contributed by atoms with Crippen LogP contribution in [0.15, 0.2) is 59.7 Å². The molecule has 5 N–H and O–H groups in total. The second-order valence-corrected chi connectivity index (χ2v) is 8.99. The van der Waals surface area contributed by atoms with Gasteiger partial charge in [0.1, 0.15) is 11.4 Å². The molecule has 10 heteroatoms. The normalized spacial score (nSPS) is 19.7. The summed E-state index contributed by atoms with van der Waals surface area (Å²) in [5.74, 6) is -0.520. The number of esters is 1. The third kappa shape index (κ3) is 4.48. The van der Waals surface area contributed by atoms with E-state index in [2.05, 4.69) is 38.5 Å². The fourth-order valence-corrected chi connectivity index (χ4v) is 4.59.